The molecule has 2 aliphatic carbocycles. The molecular formula is C42H42N6O2. The normalized spacial score (nSPS) is 23.2. The fourth-order valence-electron chi connectivity index (χ4n) is 9.08. The van der Waals surface area contributed by atoms with Gasteiger partial charge in [0, 0.05) is 48.9 Å². The largest absolute Gasteiger partial charge is 0.332 e. The van der Waals surface area contributed by atoms with E-state index < -0.39 is 0 Å². The molecule has 5 aromatic rings. The van der Waals surface area contributed by atoms with Crippen LogP contribution in [0.4, 0.5) is 0 Å². The van der Waals surface area contributed by atoms with Crippen LogP contribution < -0.4 is 0 Å². The average Bonchev–Trinajstić information content (AvgIpc) is 3.90. The molecule has 0 N–H and O–H groups in total. The number of aromatic nitrogens is 4. The molecule has 5 atom stereocenters. The highest BCUT2D eigenvalue weighted by Crippen LogP contribution is 2.63. The molecule has 5 heterocycles. The zero-order chi connectivity index (χ0) is 34.3. The number of fused-ring (bicyclic) bond motifs is 3. The zero-order valence-corrected chi connectivity index (χ0v) is 29.2. The summed E-state index contributed by atoms with van der Waals surface area (Å²) in [6.07, 6.45) is 5.56. The number of pyridine rings is 2. The van der Waals surface area contributed by atoms with Gasteiger partial charge in [0.25, 0.3) is 0 Å². The van der Waals surface area contributed by atoms with Gasteiger partial charge >= 0.3 is 0 Å². The summed E-state index contributed by atoms with van der Waals surface area (Å²) in [5, 5.41) is 1.02. The van der Waals surface area contributed by atoms with Crippen LogP contribution in [0.25, 0.3) is 10.9 Å². The molecule has 50 heavy (non-hydrogen) atoms. The van der Waals surface area contributed by atoms with Gasteiger partial charge in [-0.2, -0.15) is 0 Å². The van der Waals surface area contributed by atoms with E-state index in [0.29, 0.717) is 50.9 Å². The van der Waals surface area contributed by atoms with E-state index in [-0.39, 0.29) is 29.6 Å². The molecule has 0 radical (unpaired) electrons. The van der Waals surface area contributed by atoms with Crippen molar-refractivity contribution in [3.05, 3.63) is 129 Å². The van der Waals surface area contributed by atoms with Gasteiger partial charge in [0.15, 0.2) is 0 Å². The molecule has 252 valence electrons. The van der Waals surface area contributed by atoms with Crippen molar-refractivity contribution in [3.63, 3.8) is 0 Å². The second-order valence-electron chi connectivity index (χ2n) is 15.2. The monoisotopic (exact) mass is 662 g/mol. The van der Waals surface area contributed by atoms with E-state index in [2.05, 4.69) is 78.4 Å². The summed E-state index contributed by atoms with van der Waals surface area (Å²) < 4.78 is 0. The highest BCUT2D eigenvalue weighted by Gasteiger charge is 2.53. The maximum atomic E-state index is 13.9. The molecule has 4 aliphatic rings. The Bertz CT molecular complexity index is 2210. The van der Waals surface area contributed by atoms with Crippen molar-refractivity contribution in [1.82, 2.24) is 29.7 Å². The van der Waals surface area contributed by atoms with E-state index in [0.717, 1.165) is 40.1 Å². The molecule has 8 heteroatoms. The van der Waals surface area contributed by atoms with Crippen LogP contribution in [-0.2, 0) is 35.8 Å². The van der Waals surface area contributed by atoms with Crippen LogP contribution in [0.5, 0.6) is 0 Å². The third-order valence-electron chi connectivity index (χ3n) is 11.8. The van der Waals surface area contributed by atoms with Crippen molar-refractivity contribution in [2.45, 2.75) is 90.9 Å². The van der Waals surface area contributed by atoms with Gasteiger partial charge in [0.05, 0.1) is 30.0 Å². The van der Waals surface area contributed by atoms with Crippen molar-refractivity contribution in [2.24, 2.45) is 11.8 Å². The number of aryl methyl sites for hydroxylation is 4. The van der Waals surface area contributed by atoms with Crippen molar-refractivity contribution >= 4 is 22.7 Å². The minimum atomic E-state index is 0.196. The van der Waals surface area contributed by atoms with E-state index in [4.69, 9.17) is 9.97 Å². The predicted molar refractivity (Wildman–Crippen MR) is 191 cm³/mol. The minimum absolute atomic E-state index is 0.196. The Morgan fingerprint density at radius 2 is 1.34 bits per heavy atom. The molecule has 0 bridgehead atoms. The van der Waals surface area contributed by atoms with E-state index in [9.17, 15) is 9.59 Å². The first-order valence-corrected chi connectivity index (χ1v) is 18.0. The van der Waals surface area contributed by atoms with Gasteiger partial charge < -0.3 is 9.80 Å². The summed E-state index contributed by atoms with van der Waals surface area (Å²) in [5.74, 6) is 1.86. The lowest BCUT2D eigenvalue weighted by Crippen LogP contribution is -2.25. The fourth-order valence-corrected chi connectivity index (χ4v) is 9.08. The number of amides is 2. The number of carbonyl (C=O) groups excluding carboxylic acids is 2. The molecular weight excluding hydrogens is 621 g/mol. The summed E-state index contributed by atoms with van der Waals surface area (Å²) in [7, 11) is 0. The third kappa shape index (κ3) is 5.55. The van der Waals surface area contributed by atoms with Crippen LogP contribution in [0.2, 0.25) is 0 Å². The van der Waals surface area contributed by atoms with Crippen LogP contribution in [0.1, 0.15) is 98.7 Å². The number of nitrogens with zero attached hydrogens (tertiary/aromatic N) is 6. The minimum Gasteiger partial charge on any atom is -0.332 e. The molecule has 2 aromatic carbocycles. The van der Waals surface area contributed by atoms with E-state index >= 15 is 0 Å². The van der Waals surface area contributed by atoms with Crippen molar-refractivity contribution in [3.8, 4) is 0 Å². The number of carbonyl (C=O) groups is 2. The summed E-state index contributed by atoms with van der Waals surface area (Å²) in [6, 6.07) is 19.7. The van der Waals surface area contributed by atoms with Gasteiger partial charge in [-0.1, -0.05) is 36.4 Å². The van der Waals surface area contributed by atoms with Gasteiger partial charge in [0.2, 0.25) is 11.8 Å². The Hall–Kier alpha value is -4.98. The standard InChI is InChI=1S/C42H42N6O2/c1-23-10-25(3)45-37-20-47(18-34(23)37)39(49)15-31-13-32(31)27-6-5-7-28(12-27)41-33(42(41)29-8-9-30-17-43-22-44-36(30)14-29)16-40(50)48-19-35-24(2)11-26(4)46-38(35)21-48/h5-12,14,17,22,31-33,41-42H,13,15-16,18-21H2,1-4H3/t31-,32-,33+,41?,42-/m1/s1. The molecule has 2 amide bonds. The Morgan fingerprint density at radius 1 is 0.720 bits per heavy atom. The second-order valence-corrected chi connectivity index (χ2v) is 15.2. The molecule has 0 spiro atoms. The van der Waals surface area contributed by atoms with Crippen LogP contribution in [0, 0.1) is 39.5 Å². The molecule has 3 aromatic heterocycles. The molecule has 2 saturated carbocycles. The van der Waals surface area contributed by atoms with E-state index in [1.807, 2.05) is 29.8 Å². The van der Waals surface area contributed by atoms with Crippen molar-refractivity contribution in [2.75, 3.05) is 0 Å². The van der Waals surface area contributed by atoms with Crippen LogP contribution in [0.15, 0.2) is 67.1 Å². The smallest absolute Gasteiger partial charge is 0.223 e. The van der Waals surface area contributed by atoms with Gasteiger partial charge in [-0.3, -0.25) is 19.6 Å². The number of benzene rings is 2. The van der Waals surface area contributed by atoms with Crippen LogP contribution in [-0.4, -0.2) is 41.6 Å². The first kappa shape index (κ1) is 31.0. The number of hydrogen-bond acceptors (Lipinski definition) is 6. The van der Waals surface area contributed by atoms with E-state index in [1.165, 1.54) is 38.9 Å². The van der Waals surface area contributed by atoms with Gasteiger partial charge in [0.1, 0.15) is 6.33 Å². The third-order valence-corrected chi connectivity index (χ3v) is 11.8. The van der Waals surface area contributed by atoms with Crippen molar-refractivity contribution < 1.29 is 9.59 Å². The summed E-state index contributed by atoms with van der Waals surface area (Å²) in [5.41, 5.74) is 13.7. The number of rotatable bonds is 7. The molecule has 9 rings (SSSR count). The Balaban J connectivity index is 0.922. The lowest BCUT2D eigenvalue weighted by atomic mass is 9.99. The quantitative estimate of drug-likeness (QED) is 0.184. The van der Waals surface area contributed by atoms with Crippen LogP contribution >= 0.6 is 0 Å². The van der Waals surface area contributed by atoms with Crippen molar-refractivity contribution in [1.29, 1.82) is 0 Å². The highest BCUT2D eigenvalue weighted by molar-refractivity contribution is 5.80. The maximum Gasteiger partial charge on any atom is 0.223 e. The first-order valence-electron chi connectivity index (χ1n) is 18.0. The van der Waals surface area contributed by atoms with Gasteiger partial charge in [-0.15, -0.1) is 0 Å². The zero-order valence-electron chi connectivity index (χ0n) is 29.2. The summed E-state index contributed by atoms with van der Waals surface area (Å²) in [6.45, 7) is 10.8. The summed E-state index contributed by atoms with van der Waals surface area (Å²) >= 11 is 0. The predicted octanol–water partition coefficient (Wildman–Crippen LogP) is 7.12. The number of hydrogen-bond donors (Lipinski definition) is 0. The fraction of sp³-hybridized carbons (Fsp3) is 0.381. The lowest BCUT2D eigenvalue weighted by molar-refractivity contribution is -0.133. The Morgan fingerprint density at radius 3 is 2.02 bits per heavy atom. The highest BCUT2D eigenvalue weighted by atomic mass is 16.2. The average molecular weight is 663 g/mol. The Labute approximate surface area is 293 Å². The molecule has 2 fully saturated rings. The SMILES string of the molecule is Cc1cc(C)c2c(n1)CN(C(=O)C[C@H]1C[C@@H]1c1cccc(C3[C@H](CC(=O)N4Cc5nc(C)cc(C)c5C4)[C@H]3c3ccc4cncnc4c3)c1)C2. The van der Waals surface area contributed by atoms with E-state index in [1.54, 1.807) is 6.33 Å². The maximum absolute atomic E-state index is 13.9. The lowest BCUT2D eigenvalue weighted by Gasteiger charge is -2.15. The van der Waals surface area contributed by atoms with Crippen LogP contribution in [0.3, 0.4) is 0 Å². The first-order chi connectivity index (χ1) is 24.2. The Kier molecular flexibility index (Phi) is 7.34. The molecule has 8 nitrogen and oxygen atoms in total. The van der Waals surface area contributed by atoms with Gasteiger partial charge in [-0.25, -0.2) is 9.97 Å². The second kappa shape index (κ2) is 11.8. The molecule has 1 unspecified atom stereocenters. The molecule has 0 saturated heterocycles. The molecule has 2 aliphatic heterocycles. The summed E-state index contributed by atoms with van der Waals surface area (Å²) in [4.78, 5) is 49.5. The topological polar surface area (TPSA) is 92.2 Å². The van der Waals surface area contributed by atoms with Gasteiger partial charge in [-0.05, 0) is 121 Å².